The van der Waals surface area contributed by atoms with E-state index in [-0.39, 0.29) is 0 Å². The van der Waals surface area contributed by atoms with Crippen molar-refractivity contribution < 1.29 is 0 Å². The summed E-state index contributed by atoms with van der Waals surface area (Å²) in [5, 5.41) is 8.42. The van der Waals surface area contributed by atoms with E-state index in [9.17, 15) is 0 Å². The topological polar surface area (TPSA) is 37.8 Å². The monoisotopic (exact) mass is 411 g/mol. The summed E-state index contributed by atoms with van der Waals surface area (Å²) in [6, 6.07) is 6.08. The fraction of sp³-hybridized carbons (Fsp3) is 0.143. The Labute approximate surface area is 137 Å². The molecule has 6 heteroatoms. The molecule has 0 bridgehead atoms. The summed E-state index contributed by atoms with van der Waals surface area (Å²) >= 11 is 8.75. The number of rotatable bonds is 3. The Kier molecular flexibility index (Phi) is 4.05. The molecule has 20 heavy (non-hydrogen) atoms. The molecule has 3 nitrogen and oxygen atoms in total. The zero-order valence-corrected chi connectivity index (χ0v) is 14.6. The molecule has 3 aromatic rings. The minimum absolute atomic E-state index is 0.748. The number of thiophene rings is 1. The van der Waals surface area contributed by atoms with Gasteiger partial charge in [-0.1, -0.05) is 15.9 Å². The smallest absolute Gasteiger partial charge is 0.163 e. The molecule has 1 aromatic carbocycles. The largest absolute Gasteiger partial charge is 0.370 e. The second-order valence-corrected chi connectivity index (χ2v) is 6.77. The maximum atomic E-state index is 4.69. The van der Waals surface area contributed by atoms with Crippen LogP contribution in [0.1, 0.15) is 6.92 Å². The van der Waals surface area contributed by atoms with Gasteiger partial charge in [0.25, 0.3) is 0 Å². The predicted octanol–water partition coefficient (Wildman–Crippen LogP) is 5.32. The van der Waals surface area contributed by atoms with Gasteiger partial charge in [0.15, 0.2) is 5.82 Å². The fourth-order valence-electron chi connectivity index (χ4n) is 1.98. The van der Waals surface area contributed by atoms with E-state index >= 15 is 0 Å². The Morgan fingerprint density at radius 1 is 1.25 bits per heavy atom. The van der Waals surface area contributed by atoms with Gasteiger partial charge >= 0.3 is 0 Å². The van der Waals surface area contributed by atoms with Crippen molar-refractivity contribution in [2.75, 3.05) is 11.9 Å². The van der Waals surface area contributed by atoms with Gasteiger partial charge in [-0.05, 0) is 46.4 Å². The highest BCUT2D eigenvalue weighted by molar-refractivity contribution is 9.11. The molecule has 0 saturated heterocycles. The Balaban J connectivity index is 2.30. The lowest BCUT2D eigenvalue weighted by Crippen LogP contribution is -2.03. The standard InChI is InChI=1S/C14H11Br2N3S/c1-2-17-14-10-5-9(15)6-11(16)12(10)18-13(19-14)8-3-4-20-7-8/h3-7H,2H2,1H3,(H,17,18,19). The van der Waals surface area contributed by atoms with Crippen molar-refractivity contribution in [3.05, 3.63) is 37.9 Å². The third-order valence-corrected chi connectivity index (χ3v) is 4.59. The predicted molar refractivity (Wildman–Crippen MR) is 92.4 cm³/mol. The average molecular weight is 413 g/mol. The van der Waals surface area contributed by atoms with E-state index < -0.39 is 0 Å². The van der Waals surface area contributed by atoms with Crippen LogP contribution in [0, 0.1) is 0 Å². The van der Waals surface area contributed by atoms with Crippen LogP contribution in [-0.2, 0) is 0 Å². The molecule has 0 saturated carbocycles. The molecule has 0 radical (unpaired) electrons. The lowest BCUT2D eigenvalue weighted by molar-refractivity contribution is 1.14. The van der Waals surface area contributed by atoms with Gasteiger partial charge in [-0.3, -0.25) is 0 Å². The zero-order chi connectivity index (χ0) is 14.1. The lowest BCUT2D eigenvalue weighted by Gasteiger charge is -2.10. The van der Waals surface area contributed by atoms with Crippen molar-refractivity contribution in [2.24, 2.45) is 0 Å². The zero-order valence-electron chi connectivity index (χ0n) is 10.7. The molecule has 0 aliphatic heterocycles. The number of fused-ring (bicyclic) bond motifs is 1. The normalized spacial score (nSPS) is 10.9. The molecule has 0 spiro atoms. The number of aromatic nitrogens is 2. The first-order chi connectivity index (χ1) is 9.69. The molecule has 2 aromatic heterocycles. The maximum absolute atomic E-state index is 4.69. The molecule has 102 valence electrons. The van der Waals surface area contributed by atoms with E-state index in [1.165, 1.54) is 0 Å². The first kappa shape index (κ1) is 14.0. The van der Waals surface area contributed by atoms with Crippen molar-refractivity contribution in [2.45, 2.75) is 6.92 Å². The van der Waals surface area contributed by atoms with E-state index in [0.717, 1.165) is 43.6 Å². The number of nitrogens with zero attached hydrogens (tertiary/aromatic N) is 2. The molecular weight excluding hydrogens is 402 g/mol. The summed E-state index contributed by atoms with van der Waals surface area (Å²) in [5.74, 6) is 1.61. The number of anilines is 1. The maximum Gasteiger partial charge on any atom is 0.163 e. The van der Waals surface area contributed by atoms with Gasteiger partial charge in [-0.15, -0.1) is 0 Å². The van der Waals surface area contributed by atoms with Crippen molar-refractivity contribution in [1.29, 1.82) is 0 Å². The highest BCUT2D eigenvalue weighted by atomic mass is 79.9. The highest BCUT2D eigenvalue weighted by Crippen LogP contribution is 2.33. The summed E-state index contributed by atoms with van der Waals surface area (Å²) in [5.41, 5.74) is 1.96. The van der Waals surface area contributed by atoms with E-state index in [2.05, 4.69) is 59.4 Å². The second kappa shape index (κ2) is 5.79. The minimum atomic E-state index is 0.748. The van der Waals surface area contributed by atoms with Crippen LogP contribution in [0.4, 0.5) is 5.82 Å². The van der Waals surface area contributed by atoms with E-state index in [0.29, 0.717) is 0 Å². The van der Waals surface area contributed by atoms with Gasteiger partial charge in [0.1, 0.15) is 5.82 Å². The average Bonchev–Trinajstić information content (AvgIpc) is 2.93. The Morgan fingerprint density at radius 3 is 2.80 bits per heavy atom. The number of benzene rings is 1. The molecule has 3 rings (SSSR count). The molecule has 0 amide bonds. The van der Waals surface area contributed by atoms with E-state index in [4.69, 9.17) is 0 Å². The van der Waals surface area contributed by atoms with Crippen molar-refractivity contribution in [3.63, 3.8) is 0 Å². The van der Waals surface area contributed by atoms with Gasteiger partial charge in [-0.25, -0.2) is 9.97 Å². The van der Waals surface area contributed by atoms with Crippen LogP contribution in [-0.4, -0.2) is 16.5 Å². The Bertz CT molecular complexity index is 757. The van der Waals surface area contributed by atoms with E-state index in [1.54, 1.807) is 11.3 Å². The SMILES string of the molecule is CCNc1nc(-c2ccsc2)nc2c(Br)cc(Br)cc12. The van der Waals surface area contributed by atoms with Crippen LogP contribution in [0.25, 0.3) is 22.3 Å². The number of hydrogen-bond acceptors (Lipinski definition) is 4. The van der Waals surface area contributed by atoms with Crippen LogP contribution in [0.3, 0.4) is 0 Å². The molecule has 2 heterocycles. The number of hydrogen-bond donors (Lipinski definition) is 1. The summed E-state index contributed by atoms with van der Waals surface area (Å²) in [7, 11) is 0. The second-order valence-electron chi connectivity index (χ2n) is 4.22. The highest BCUT2D eigenvalue weighted by Gasteiger charge is 2.12. The van der Waals surface area contributed by atoms with Crippen molar-refractivity contribution in [1.82, 2.24) is 9.97 Å². The summed E-state index contributed by atoms with van der Waals surface area (Å²) in [6.07, 6.45) is 0. The van der Waals surface area contributed by atoms with Crippen LogP contribution in [0.5, 0.6) is 0 Å². The number of halogens is 2. The molecule has 0 aliphatic carbocycles. The van der Waals surface area contributed by atoms with Gasteiger partial charge in [-0.2, -0.15) is 11.3 Å². The van der Waals surface area contributed by atoms with Crippen molar-refractivity contribution >= 4 is 59.9 Å². The van der Waals surface area contributed by atoms with Crippen LogP contribution in [0.15, 0.2) is 37.9 Å². The van der Waals surface area contributed by atoms with E-state index in [1.807, 2.05) is 23.6 Å². The molecule has 0 fully saturated rings. The van der Waals surface area contributed by atoms with Gasteiger partial charge in [0, 0.05) is 31.8 Å². The quantitative estimate of drug-likeness (QED) is 0.632. The summed E-state index contributed by atoms with van der Waals surface area (Å²) in [6.45, 7) is 2.88. The van der Waals surface area contributed by atoms with Gasteiger partial charge in [0.2, 0.25) is 0 Å². The molecule has 1 N–H and O–H groups in total. The van der Waals surface area contributed by atoms with Gasteiger partial charge in [0.05, 0.1) is 5.52 Å². The molecule has 0 unspecified atom stereocenters. The number of nitrogens with one attached hydrogen (secondary N) is 1. The minimum Gasteiger partial charge on any atom is -0.370 e. The van der Waals surface area contributed by atoms with Crippen LogP contribution < -0.4 is 5.32 Å². The van der Waals surface area contributed by atoms with Crippen LogP contribution in [0.2, 0.25) is 0 Å². The van der Waals surface area contributed by atoms with Crippen molar-refractivity contribution in [3.8, 4) is 11.4 Å². The lowest BCUT2D eigenvalue weighted by atomic mass is 10.2. The molecule has 0 atom stereocenters. The van der Waals surface area contributed by atoms with Crippen LogP contribution >= 0.6 is 43.2 Å². The Hall–Kier alpha value is -0.980. The molecule has 0 aliphatic rings. The summed E-state index contributed by atoms with van der Waals surface area (Å²) in [4.78, 5) is 9.35. The third kappa shape index (κ3) is 2.60. The van der Waals surface area contributed by atoms with Gasteiger partial charge < -0.3 is 5.32 Å². The molecular formula is C14H11Br2N3S. The Morgan fingerprint density at radius 2 is 2.10 bits per heavy atom. The fourth-order valence-corrected chi connectivity index (χ4v) is 3.93. The first-order valence-electron chi connectivity index (χ1n) is 6.12. The third-order valence-electron chi connectivity index (χ3n) is 2.84. The first-order valence-corrected chi connectivity index (χ1v) is 8.65. The summed E-state index contributed by atoms with van der Waals surface area (Å²) < 4.78 is 1.96.